The van der Waals surface area contributed by atoms with Crippen LogP contribution in [0.4, 0.5) is 0 Å². The number of nitrogens with one attached hydrogen (secondary N) is 1. The molecule has 0 unspecified atom stereocenters. The van der Waals surface area contributed by atoms with Crippen molar-refractivity contribution >= 4 is 10.3 Å². The van der Waals surface area contributed by atoms with E-state index in [0.29, 0.717) is 0 Å². The summed E-state index contributed by atoms with van der Waals surface area (Å²) in [6, 6.07) is 7.61. The Bertz CT molecular complexity index is 584. The van der Waals surface area contributed by atoms with Crippen molar-refractivity contribution in [1.29, 1.82) is 0 Å². The molecule has 1 saturated heterocycles. The molecular formula is C13H19NO5S. The van der Waals surface area contributed by atoms with E-state index in [0.717, 1.165) is 18.2 Å². The van der Waals surface area contributed by atoms with Crippen molar-refractivity contribution in [2.45, 2.75) is 38.9 Å². The summed E-state index contributed by atoms with van der Waals surface area (Å²) in [4.78, 5) is 0. The molecule has 0 radical (unpaired) electrons. The Morgan fingerprint density at radius 2 is 1.90 bits per heavy atom. The molecule has 0 amide bonds. The van der Waals surface area contributed by atoms with Gasteiger partial charge in [0.2, 0.25) is 0 Å². The lowest BCUT2D eigenvalue weighted by molar-refractivity contribution is -0.147. The largest absolute Gasteiger partial charge is 0.338 e. The van der Waals surface area contributed by atoms with Crippen molar-refractivity contribution < 1.29 is 22.1 Å². The monoisotopic (exact) mass is 301 g/mol. The van der Waals surface area contributed by atoms with Crippen LogP contribution in [-0.2, 0) is 24.0 Å². The van der Waals surface area contributed by atoms with Crippen LogP contribution in [0.15, 0.2) is 24.3 Å². The summed E-state index contributed by atoms with van der Waals surface area (Å²) in [5.74, 6) is -0.881. The second-order valence-corrected chi connectivity index (χ2v) is 6.55. The summed E-state index contributed by atoms with van der Waals surface area (Å²) >= 11 is 0. The van der Waals surface area contributed by atoms with Crippen LogP contribution in [0, 0.1) is 6.92 Å². The molecule has 112 valence electrons. The number of aryl methyl sites for hydroxylation is 1. The molecule has 0 aliphatic carbocycles. The third-order valence-electron chi connectivity index (χ3n) is 3.07. The Labute approximate surface area is 119 Å². The van der Waals surface area contributed by atoms with Gasteiger partial charge in [-0.25, -0.2) is 0 Å². The smallest absolute Gasteiger partial charge is 0.337 e. The maximum atomic E-state index is 11.6. The van der Waals surface area contributed by atoms with Gasteiger partial charge in [-0.1, -0.05) is 24.3 Å². The van der Waals surface area contributed by atoms with E-state index in [2.05, 4.69) is 8.91 Å². The minimum absolute atomic E-state index is 0.531. The van der Waals surface area contributed by atoms with E-state index in [1.807, 2.05) is 31.2 Å². The average Bonchev–Trinajstić information content (AvgIpc) is 2.64. The van der Waals surface area contributed by atoms with Crippen LogP contribution in [0.25, 0.3) is 0 Å². The first-order valence-corrected chi connectivity index (χ1v) is 7.64. The number of hydrogen-bond donors (Lipinski definition) is 1. The number of hydrogen-bond acceptors (Lipinski definition) is 5. The van der Waals surface area contributed by atoms with Crippen LogP contribution in [0.2, 0.25) is 0 Å². The van der Waals surface area contributed by atoms with Gasteiger partial charge in [0, 0.05) is 0 Å². The van der Waals surface area contributed by atoms with Gasteiger partial charge in [-0.05, 0) is 31.9 Å². The predicted octanol–water partition coefficient (Wildman–Crippen LogP) is 1.63. The summed E-state index contributed by atoms with van der Waals surface area (Å²) in [5, 5.41) is 0. The van der Waals surface area contributed by atoms with Crippen LogP contribution >= 0.6 is 0 Å². The van der Waals surface area contributed by atoms with Gasteiger partial charge < -0.3 is 9.47 Å². The number of ether oxygens (including phenoxy) is 2. The molecule has 1 N–H and O–H groups in total. The molecule has 2 atom stereocenters. The quantitative estimate of drug-likeness (QED) is 0.915. The van der Waals surface area contributed by atoms with E-state index < -0.39 is 28.4 Å². The van der Waals surface area contributed by atoms with Crippen LogP contribution < -0.4 is 4.72 Å². The van der Waals surface area contributed by atoms with Gasteiger partial charge in [-0.15, -0.1) is 0 Å². The van der Waals surface area contributed by atoms with Crippen molar-refractivity contribution in [3.05, 3.63) is 35.4 Å². The lowest BCUT2D eigenvalue weighted by Gasteiger charge is -2.19. The Balaban J connectivity index is 2.32. The standard InChI is InChI=1S/C13H19NO5S/c1-9-7-5-6-8-10(9)11-12(14-20(15,16)17-4)19-13(2,3)18-11/h5-8,11-12,14H,1-4H3/t11-,12-/m1/s1. The second kappa shape index (κ2) is 5.42. The maximum absolute atomic E-state index is 11.6. The van der Waals surface area contributed by atoms with Gasteiger partial charge in [0.25, 0.3) is 0 Å². The highest BCUT2D eigenvalue weighted by atomic mass is 32.2. The van der Waals surface area contributed by atoms with Crippen LogP contribution in [0.5, 0.6) is 0 Å². The topological polar surface area (TPSA) is 73.9 Å². The Morgan fingerprint density at radius 1 is 1.25 bits per heavy atom. The fourth-order valence-corrected chi connectivity index (χ4v) is 2.72. The molecular weight excluding hydrogens is 282 g/mol. The third kappa shape index (κ3) is 3.36. The molecule has 1 aliphatic heterocycles. The zero-order valence-electron chi connectivity index (χ0n) is 11.9. The van der Waals surface area contributed by atoms with Crippen LogP contribution in [0.3, 0.4) is 0 Å². The lowest BCUT2D eigenvalue weighted by atomic mass is 10.0. The zero-order valence-corrected chi connectivity index (χ0v) is 12.7. The number of benzene rings is 1. The van der Waals surface area contributed by atoms with Crippen LogP contribution in [-0.4, -0.2) is 27.5 Å². The molecule has 1 aromatic rings. The molecule has 1 heterocycles. The second-order valence-electron chi connectivity index (χ2n) is 5.07. The molecule has 0 aromatic heterocycles. The maximum Gasteiger partial charge on any atom is 0.337 e. The summed E-state index contributed by atoms with van der Waals surface area (Å²) in [6.45, 7) is 5.41. The molecule has 0 spiro atoms. The summed E-state index contributed by atoms with van der Waals surface area (Å²) in [7, 11) is -2.77. The summed E-state index contributed by atoms with van der Waals surface area (Å²) in [6.07, 6.45) is -1.37. The fourth-order valence-electron chi connectivity index (χ4n) is 2.17. The number of rotatable bonds is 4. The molecule has 1 aliphatic rings. The normalized spacial score (nSPS) is 25.8. The van der Waals surface area contributed by atoms with Gasteiger partial charge in [-0.3, -0.25) is 4.18 Å². The predicted molar refractivity (Wildman–Crippen MR) is 73.0 cm³/mol. The van der Waals surface area contributed by atoms with E-state index in [9.17, 15) is 8.42 Å². The molecule has 1 aromatic carbocycles. The highest BCUT2D eigenvalue weighted by molar-refractivity contribution is 7.84. The Kier molecular flexibility index (Phi) is 4.17. The summed E-state index contributed by atoms with van der Waals surface area (Å²) in [5.41, 5.74) is 1.88. The van der Waals surface area contributed by atoms with Crippen molar-refractivity contribution in [2.24, 2.45) is 0 Å². The van der Waals surface area contributed by atoms with E-state index in [1.54, 1.807) is 13.8 Å². The molecule has 2 rings (SSSR count). The lowest BCUT2D eigenvalue weighted by Crippen LogP contribution is -2.39. The molecule has 1 fully saturated rings. The minimum Gasteiger partial charge on any atom is -0.338 e. The van der Waals surface area contributed by atoms with Crippen molar-refractivity contribution in [3.63, 3.8) is 0 Å². The van der Waals surface area contributed by atoms with Gasteiger partial charge in [-0.2, -0.15) is 13.1 Å². The van der Waals surface area contributed by atoms with Gasteiger partial charge in [0.05, 0.1) is 7.11 Å². The van der Waals surface area contributed by atoms with E-state index in [1.165, 1.54) is 0 Å². The fraction of sp³-hybridized carbons (Fsp3) is 0.538. The SMILES string of the molecule is COS(=O)(=O)N[C@@H]1OC(C)(C)O[C@@H]1c1ccccc1C. The molecule has 20 heavy (non-hydrogen) atoms. The Morgan fingerprint density at radius 3 is 2.50 bits per heavy atom. The van der Waals surface area contributed by atoms with Gasteiger partial charge >= 0.3 is 10.3 Å². The molecule has 0 bridgehead atoms. The van der Waals surface area contributed by atoms with Crippen molar-refractivity contribution in [2.75, 3.05) is 7.11 Å². The first kappa shape index (κ1) is 15.4. The Hall–Kier alpha value is -0.990. The van der Waals surface area contributed by atoms with E-state index in [4.69, 9.17) is 9.47 Å². The van der Waals surface area contributed by atoms with Gasteiger partial charge in [0.1, 0.15) is 6.10 Å². The molecule has 0 saturated carbocycles. The van der Waals surface area contributed by atoms with Crippen molar-refractivity contribution in [3.8, 4) is 0 Å². The van der Waals surface area contributed by atoms with E-state index in [-0.39, 0.29) is 0 Å². The molecule has 6 nitrogen and oxygen atoms in total. The zero-order chi connectivity index (χ0) is 15.0. The van der Waals surface area contributed by atoms with Gasteiger partial charge in [0.15, 0.2) is 12.0 Å². The highest BCUT2D eigenvalue weighted by Crippen LogP contribution is 2.38. The van der Waals surface area contributed by atoms with Crippen LogP contribution in [0.1, 0.15) is 31.1 Å². The summed E-state index contributed by atoms with van der Waals surface area (Å²) < 4.78 is 41.3. The minimum atomic E-state index is -3.86. The highest BCUT2D eigenvalue weighted by Gasteiger charge is 2.44. The first-order valence-electron chi connectivity index (χ1n) is 6.23. The first-order chi connectivity index (χ1) is 9.24. The van der Waals surface area contributed by atoms with E-state index >= 15 is 0 Å². The average molecular weight is 301 g/mol. The molecule has 7 heteroatoms. The van der Waals surface area contributed by atoms with Crippen molar-refractivity contribution in [1.82, 2.24) is 4.72 Å². The third-order valence-corrected chi connectivity index (χ3v) is 4.03.